The van der Waals surface area contributed by atoms with Crippen molar-refractivity contribution in [2.45, 2.75) is 0 Å². The number of benzene rings is 1. The van der Waals surface area contributed by atoms with Crippen LogP contribution in [-0.4, -0.2) is 30.6 Å². The molecular weight excluding hydrogens is 422 g/mol. The van der Waals surface area contributed by atoms with E-state index >= 15 is 0 Å². The van der Waals surface area contributed by atoms with Crippen LogP contribution in [0.15, 0.2) is 78.1 Å². The van der Waals surface area contributed by atoms with Crippen molar-refractivity contribution in [2.24, 2.45) is 0 Å². The van der Waals surface area contributed by atoms with Crippen molar-refractivity contribution in [3.63, 3.8) is 0 Å². The highest BCUT2D eigenvalue weighted by molar-refractivity contribution is 9.10. The van der Waals surface area contributed by atoms with E-state index in [0.717, 1.165) is 10.2 Å². The first-order valence-electron chi connectivity index (χ1n) is 8.28. The summed E-state index contributed by atoms with van der Waals surface area (Å²) in [6.07, 6.45) is 8.11. The van der Waals surface area contributed by atoms with E-state index in [1.807, 2.05) is 24.4 Å². The molecule has 0 aliphatic heterocycles. The molecule has 0 fully saturated rings. The van der Waals surface area contributed by atoms with Gasteiger partial charge in [-0.05, 0) is 52.3 Å². The summed E-state index contributed by atoms with van der Waals surface area (Å²) in [5.74, 6) is 1.07. The van der Waals surface area contributed by atoms with E-state index in [1.54, 1.807) is 41.3 Å². The van der Waals surface area contributed by atoms with Crippen LogP contribution in [0.3, 0.4) is 0 Å². The summed E-state index contributed by atoms with van der Waals surface area (Å²) in [5, 5.41) is 10.2. The highest BCUT2D eigenvalue weighted by atomic mass is 79.9. The number of halogens is 1. The lowest BCUT2D eigenvalue weighted by Crippen LogP contribution is -2.12. The lowest BCUT2D eigenvalue weighted by Gasteiger charge is -2.09. The quantitative estimate of drug-likeness (QED) is 0.494. The van der Waals surface area contributed by atoms with Gasteiger partial charge < -0.3 is 10.6 Å². The highest BCUT2D eigenvalue weighted by Gasteiger charge is 2.07. The van der Waals surface area contributed by atoms with Crippen molar-refractivity contribution >= 4 is 39.0 Å². The molecule has 4 rings (SSSR count). The van der Waals surface area contributed by atoms with Gasteiger partial charge in [0.05, 0.1) is 5.56 Å². The molecule has 28 heavy (non-hydrogen) atoms. The Morgan fingerprint density at radius 2 is 1.86 bits per heavy atom. The molecule has 1 amide bonds. The van der Waals surface area contributed by atoms with E-state index in [-0.39, 0.29) is 5.91 Å². The third-order valence-corrected chi connectivity index (χ3v) is 4.21. The maximum Gasteiger partial charge on any atom is 0.257 e. The minimum Gasteiger partial charge on any atom is -0.340 e. The maximum atomic E-state index is 12.3. The van der Waals surface area contributed by atoms with Crippen LogP contribution in [-0.2, 0) is 0 Å². The number of carbonyl (C=O) groups is 1. The Morgan fingerprint density at radius 3 is 2.61 bits per heavy atom. The molecule has 0 spiro atoms. The van der Waals surface area contributed by atoms with E-state index in [9.17, 15) is 4.79 Å². The second kappa shape index (κ2) is 7.97. The van der Waals surface area contributed by atoms with Crippen LogP contribution >= 0.6 is 15.9 Å². The Kier molecular flexibility index (Phi) is 5.07. The first-order chi connectivity index (χ1) is 13.7. The summed E-state index contributed by atoms with van der Waals surface area (Å²) in [4.78, 5) is 24.7. The molecule has 0 radical (unpaired) electrons. The lowest BCUT2D eigenvalue weighted by atomic mass is 10.2. The first-order valence-corrected chi connectivity index (χ1v) is 9.08. The molecule has 9 heteroatoms. The van der Waals surface area contributed by atoms with Crippen LogP contribution < -0.4 is 10.6 Å². The zero-order chi connectivity index (χ0) is 19.3. The van der Waals surface area contributed by atoms with Crippen molar-refractivity contribution in [3.05, 3.63) is 83.6 Å². The largest absolute Gasteiger partial charge is 0.340 e. The minimum atomic E-state index is -0.228. The molecule has 138 valence electrons. The minimum absolute atomic E-state index is 0.228. The van der Waals surface area contributed by atoms with Crippen LogP contribution in [0.4, 0.5) is 17.2 Å². The standard InChI is InChI=1S/C19H14BrN7O/c20-14-8-13(10-21-11-14)19(28)26-16-4-2-15(3-5-16)25-17-9-18(23-12-22-17)27-7-1-6-24-27/h1-12H,(H,26,28)(H,22,23,25). The average Bonchev–Trinajstić information content (AvgIpc) is 3.25. The van der Waals surface area contributed by atoms with Crippen LogP contribution in [0.5, 0.6) is 0 Å². The molecule has 3 heterocycles. The number of pyridine rings is 1. The van der Waals surface area contributed by atoms with E-state index in [1.165, 1.54) is 12.5 Å². The van der Waals surface area contributed by atoms with Crippen LogP contribution in [0.1, 0.15) is 10.4 Å². The average molecular weight is 436 g/mol. The number of carbonyl (C=O) groups excluding carboxylic acids is 1. The number of nitrogens with zero attached hydrogens (tertiary/aromatic N) is 5. The van der Waals surface area contributed by atoms with Crippen molar-refractivity contribution in [1.82, 2.24) is 24.7 Å². The Morgan fingerprint density at radius 1 is 1.04 bits per heavy atom. The Bertz CT molecular complexity index is 1100. The molecular formula is C19H14BrN7O. The van der Waals surface area contributed by atoms with Gasteiger partial charge >= 0.3 is 0 Å². The number of anilines is 3. The smallest absolute Gasteiger partial charge is 0.257 e. The van der Waals surface area contributed by atoms with Crippen molar-refractivity contribution in [2.75, 3.05) is 10.6 Å². The van der Waals surface area contributed by atoms with E-state index < -0.39 is 0 Å². The number of amides is 1. The number of nitrogens with one attached hydrogen (secondary N) is 2. The topological polar surface area (TPSA) is 97.6 Å². The number of rotatable bonds is 5. The van der Waals surface area contributed by atoms with E-state index in [0.29, 0.717) is 22.9 Å². The summed E-state index contributed by atoms with van der Waals surface area (Å²) >= 11 is 3.31. The van der Waals surface area contributed by atoms with Gasteiger partial charge in [-0.2, -0.15) is 5.10 Å². The molecule has 0 aliphatic carbocycles. The molecule has 0 unspecified atom stereocenters. The summed E-state index contributed by atoms with van der Waals surface area (Å²) in [5.41, 5.74) is 1.98. The van der Waals surface area contributed by atoms with Gasteiger partial charge in [0.2, 0.25) is 0 Å². The third kappa shape index (κ3) is 4.21. The number of hydrogen-bond donors (Lipinski definition) is 2. The first kappa shape index (κ1) is 17.8. The molecule has 3 aromatic heterocycles. The summed E-state index contributed by atoms with van der Waals surface area (Å²) in [6.45, 7) is 0. The molecule has 4 aromatic rings. The maximum absolute atomic E-state index is 12.3. The van der Waals surface area contributed by atoms with Gasteiger partial charge in [0.25, 0.3) is 5.91 Å². The summed E-state index contributed by atoms with van der Waals surface area (Å²) < 4.78 is 2.40. The zero-order valence-electron chi connectivity index (χ0n) is 14.5. The van der Waals surface area contributed by atoms with Gasteiger partial charge in [-0.1, -0.05) is 0 Å². The summed E-state index contributed by atoms with van der Waals surface area (Å²) in [7, 11) is 0. The molecule has 8 nitrogen and oxygen atoms in total. The fourth-order valence-corrected chi connectivity index (χ4v) is 2.83. The SMILES string of the molecule is O=C(Nc1ccc(Nc2cc(-n3cccn3)ncn2)cc1)c1cncc(Br)c1. The molecule has 0 saturated carbocycles. The lowest BCUT2D eigenvalue weighted by molar-refractivity contribution is 0.102. The van der Waals surface area contributed by atoms with Crippen molar-refractivity contribution in [3.8, 4) is 5.82 Å². The third-order valence-electron chi connectivity index (χ3n) is 3.77. The van der Waals surface area contributed by atoms with Gasteiger partial charge in [0.15, 0.2) is 5.82 Å². The zero-order valence-corrected chi connectivity index (χ0v) is 16.0. The molecule has 0 atom stereocenters. The predicted molar refractivity (Wildman–Crippen MR) is 109 cm³/mol. The second-order valence-corrected chi connectivity index (χ2v) is 6.68. The molecule has 0 bridgehead atoms. The summed E-state index contributed by atoms with van der Waals surface area (Å²) in [6, 6.07) is 12.7. The van der Waals surface area contributed by atoms with Gasteiger partial charge in [0.1, 0.15) is 12.1 Å². The molecule has 0 saturated heterocycles. The van der Waals surface area contributed by atoms with Gasteiger partial charge in [-0.25, -0.2) is 14.6 Å². The van der Waals surface area contributed by atoms with E-state index in [4.69, 9.17) is 0 Å². The van der Waals surface area contributed by atoms with E-state index in [2.05, 4.69) is 46.6 Å². The number of hydrogen-bond acceptors (Lipinski definition) is 6. The Hall–Kier alpha value is -3.59. The van der Waals surface area contributed by atoms with Crippen LogP contribution in [0.2, 0.25) is 0 Å². The molecule has 2 N–H and O–H groups in total. The Balaban J connectivity index is 1.44. The Labute approximate surface area is 168 Å². The molecule has 0 aliphatic rings. The number of aromatic nitrogens is 5. The van der Waals surface area contributed by atoms with Gasteiger partial charge in [-0.3, -0.25) is 9.78 Å². The van der Waals surface area contributed by atoms with Crippen molar-refractivity contribution < 1.29 is 4.79 Å². The normalized spacial score (nSPS) is 10.5. The van der Waals surface area contributed by atoms with Gasteiger partial charge in [0, 0.05) is 46.7 Å². The van der Waals surface area contributed by atoms with Crippen LogP contribution in [0, 0.1) is 0 Å². The fraction of sp³-hybridized carbons (Fsp3) is 0. The fourth-order valence-electron chi connectivity index (χ4n) is 2.47. The highest BCUT2D eigenvalue weighted by Crippen LogP contribution is 2.19. The predicted octanol–water partition coefficient (Wildman–Crippen LogP) is 3.82. The monoisotopic (exact) mass is 435 g/mol. The molecule has 1 aromatic carbocycles. The van der Waals surface area contributed by atoms with Crippen LogP contribution in [0.25, 0.3) is 5.82 Å². The van der Waals surface area contributed by atoms with Crippen molar-refractivity contribution in [1.29, 1.82) is 0 Å². The van der Waals surface area contributed by atoms with Gasteiger partial charge in [-0.15, -0.1) is 0 Å². The second-order valence-electron chi connectivity index (χ2n) is 5.76.